The fraction of sp³-hybridized carbons (Fsp3) is 0.414. The lowest BCUT2D eigenvalue weighted by atomic mass is 9.91. The molecule has 1 heterocycles. The highest BCUT2D eigenvalue weighted by atomic mass is 32.1. The number of fused-ring (bicyclic) bond motifs is 1. The number of azo groups is 1. The van der Waals surface area contributed by atoms with Gasteiger partial charge in [-0.05, 0) is 100.0 Å². The molecule has 0 radical (unpaired) electrons. The van der Waals surface area contributed by atoms with Gasteiger partial charge in [0.1, 0.15) is 5.82 Å². The summed E-state index contributed by atoms with van der Waals surface area (Å²) >= 11 is 5.59. The molecule has 0 saturated heterocycles. The fourth-order valence-corrected chi connectivity index (χ4v) is 5.43. The Bertz CT molecular complexity index is 1250. The molecular weight excluding hydrogens is 492 g/mol. The molecule has 0 unspecified atom stereocenters. The third-order valence-corrected chi connectivity index (χ3v) is 7.36. The number of nitrogens with zero attached hydrogens (tertiary/aromatic N) is 5. The quantitative estimate of drug-likeness (QED) is 0.237. The Morgan fingerprint density at radius 2 is 1.50 bits per heavy atom. The molecule has 3 aromatic rings. The Labute approximate surface area is 230 Å². The van der Waals surface area contributed by atoms with Gasteiger partial charge in [-0.3, -0.25) is 0 Å². The highest BCUT2D eigenvalue weighted by Gasteiger charge is 2.24. The van der Waals surface area contributed by atoms with Crippen molar-refractivity contribution in [2.24, 2.45) is 10.2 Å². The Morgan fingerprint density at radius 1 is 0.842 bits per heavy atom. The number of rotatable bonds is 7. The number of hydrogen-bond donors (Lipinski definition) is 3. The zero-order chi connectivity index (χ0) is 26.3. The molecule has 1 saturated carbocycles. The van der Waals surface area contributed by atoms with Crippen LogP contribution in [0.15, 0.2) is 64.8 Å². The number of aryl methyl sites for hydroxylation is 1. The lowest BCUT2D eigenvalue weighted by Gasteiger charge is -2.31. The number of hydrogen-bond acceptors (Lipinski definition) is 7. The molecule has 0 aliphatic heterocycles. The Hall–Kier alpha value is -3.59. The number of thiocarbonyl (C=S) groups is 1. The minimum absolute atomic E-state index is 0.355. The molecule has 2 aromatic carbocycles. The van der Waals surface area contributed by atoms with Gasteiger partial charge in [0.25, 0.3) is 0 Å². The second kappa shape index (κ2) is 12.3. The van der Waals surface area contributed by atoms with Gasteiger partial charge in [-0.15, -0.1) is 0 Å². The van der Waals surface area contributed by atoms with Crippen LogP contribution in [-0.4, -0.2) is 41.3 Å². The van der Waals surface area contributed by atoms with Crippen LogP contribution in [-0.2, 0) is 12.8 Å². The molecule has 0 atom stereocenters. The van der Waals surface area contributed by atoms with Gasteiger partial charge >= 0.3 is 0 Å². The van der Waals surface area contributed by atoms with E-state index in [0.717, 1.165) is 67.4 Å². The molecule has 38 heavy (non-hydrogen) atoms. The Kier molecular flexibility index (Phi) is 8.43. The summed E-state index contributed by atoms with van der Waals surface area (Å²) in [4.78, 5) is 11.9. The summed E-state index contributed by atoms with van der Waals surface area (Å²) < 4.78 is 0. The molecule has 0 amide bonds. The van der Waals surface area contributed by atoms with E-state index in [9.17, 15) is 0 Å². The first-order valence-corrected chi connectivity index (χ1v) is 13.9. The highest BCUT2D eigenvalue weighted by Crippen LogP contribution is 2.29. The zero-order valence-corrected chi connectivity index (χ0v) is 23.0. The van der Waals surface area contributed by atoms with Crippen LogP contribution in [0.2, 0.25) is 0 Å². The molecule has 8 nitrogen and oxygen atoms in total. The van der Waals surface area contributed by atoms with Crippen molar-refractivity contribution in [2.75, 3.05) is 29.6 Å². The normalized spacial score (nSPS) is 19.0. The van der Waals surface area contributed by atoms with Crippen LogP contribution >= 0.6 is 12.2 Å². The van der Waals surface area contributed by atoms with E-state index < -0.39 is 0 Å². The number of benzene rings is 2. The number of nitrogens with one attached hydrogen (secondary N) is 3. The average molecular weight is 529 g/mol. The highest BCUT2D eigenvalue weighted by molar-refractivity contribution is 7.80. The van der Waals surface area contributed by atoms with E-state index in [2.05, 4.69) is 45.2 Å². The smallest absolute Gasteiger partial charge is 0.225 e. The molecule has 2 aliphatic rings. The van der Waals surface area contributed by atoms with E-state index in [4.69, 9.17) is 22.2 Å². The second-order valence-electron chi connectivity index (χ2n) is 10.3. The van der Waals surface area contributed by atoms with Crippen molar-refractivity contribution in [1.29, 1.82) is 0 Å². The van der Waals surface area contributed by atoms with Crippen molar-refractivity contribution in [2.45, 2.75) is 63.5 Å². The van der Waals surface area contributed by atoms with Crippen LogP contribution in [0.25, 0.3) is 0 Å². The maximum atomic E-state index is 5.59. The lowest BCUT2D eigenvalue weighted by Crippen LogP contribution is -2.42. The Balaban J connectivity index is 1.09. The predicted octanol–water partition coefficient (Wildman–Crippen LogP) is 6.55. The number of aromatic nitrogens is 2. The SMILES string of the molecule is CN(C)c1nc(NC2CCC(NC(=S)Nc3ccc(N=Nc4ccccc4)cc3)CC2)nc2c1CCCC2. The summed E-state index contributed by atoms with van der Waals surface area (Å²) in [5, 5.41) is 19.6. The van der Waals surface area contributed by atoms with Gasteiger partial charge in [-0.1, -0.05) is 18.2 Å². The summed E-state index contributed by atoms with van der Waals surface area (Å²) in [6.45, 7) is 0. The maximum absolute atomic E-state index is 5.59. The average Bonchev–Trinajstić information content (AvgIpc) is 2.94. The third kappa shape index (κ3) is 6.83. The van der Waals surface area contributed by atoms with Crippen molar-refractivity contribution >= 4 is 46.2 Å². The largest absolute Gasteiger partial charge is 0.362 e. The molecule has 1 fully saturated rings. The van der Waals surface area contributed by atoms with Crippen molar-refractivity contribution in [3.05, 3.63) is 65.9 Å². The summed E-state index contributed by atoms with van der Waals surface area (Å²) in [6.07, 6.45) is 8.77. The molecule has 3 N–H and O–H groups in total. The molecule has 1 aromatic heterocycles. The Morgan fingerprint density at radius 3 is 2.21 bits per heavy atom. The first kappa shape index (κ1) is 26.0. The minimum Gasteiger partial charge on any atom is -0.362 e. The van der Waals surface area contributed by atoms with Gasteiger partial charge in [0, 0.05) is 37.4 Å². The van der Waals surface area contributed by atoms with E-state index >= 15 is 0 Å². The minimum atomic E-state index is 0.355. The van der Waals surface area contributed by atoms with Crippen LogP contribution in [0.4, 0.5) is 28.8 Å². The molecule has 9 heteroatoms. The van der Waals surface area contributed by atoms with E-state index in [1.165, 1.54) is 24.1 Å². The lowest BCUT2D eigenvalue weighted by molar-refractivity contribution is 0.387. The first-order chi connectivity index (χ1) is 18.5. The fourth-order valence-electron chi connectivity index (χ4n) is 5.15. The molecule has 2 aliphatic carbocycles. The van der Waals surface area contributed by atoms with Crippen LogP contribution < -0.4 is 20.9 Å². The van der Waals surface area contributed by atoms with Crippen molar-refractivity contribution < 1.29 is 0 Å². The summed E-state index contributed by atoms with van der Waals surface area (Å²) in [6, 6.07) is 18.2. The van der Waals surface area contributed by atoms with Crippen LogP contribution in [0.3, 0.4) is 0 Å². The topological polar surface area (TPSA) is 89.8 Å². The van der Waals surface area contributed by atoms with Crippen molar-refractivity contribution in [3.8, 4) is 0 Å². The van der Waals surface area contributed by atoms with Crippen LogP contribution in [0.5, 0.6) is 0 Å². The standard InChI is InChI=1S/C29H36N8S/c1-37(2)27-25-10-6-7-11-26(25)33-28(34-27)30-20-12-14-21(15-13-20)31-29(38)32-22-16-18-24(19-17-22)36-35-23-8-4-3-5-9-23/h3-5,8-9,16-21H,6-7,10-15H2,1-2H3,(H,30,33,34)(H2,31,32,38). The van der Waals surface area contributed by atoms with E-state index in [1.807, 2.05) is 54.6 Å². The maximum Gasteiger partial charge on any atom is 0.225 e. The van der Waals surface area contributed by atoms with Crippen molar-refractivity contribution in [1.82, 2.24) is 15.3 Å². The van der Waals surface area contributed by atoms with Gasteiger partial charge < -0.3 is 20.9 Å². The van der Waals surface area contributed by atoms with Gasteiger partial charge in [0.15, 0.2) is 5.11 Å². The summed E-state index contributed by atoms with van der Waals surface area (Å²) in [5.74, 6) is 1.84. The van der Waals surface area contributed by atoms with E-state index in [0.29, 0.717) is 17.2 Å². The van der Waals surface area contributed by atoms with Crippen LogP contribution in [0, 0.1) is 0 Å². The number of anilines is 3. The van der Waals surface area contributed by atoms with Gasteiger partial charge in [-0.2, -0.15) is 15.2 Å². The third-order valence-electron chi connectivity index (χ3n) is 7.14. The van der Waals surface area contributed by atoms with E-state index in [-0.39, 0.29) is 0 Å². The predicted molar refractivity (Wildman–Crippen MR) is 159 cm³/mol. The molecule has 0 spiro atoms. The second-order valence-corrected chi connectivity index (χ2v) is 10.7. The molecule has 5 rings (SSSR count). The van der Waals surface area contributed by atoms with Gasteiger partial charge in [0.2, 0.25) is 5.95 Å². The van der Waals surface area contributed by atoms with Gasteiger partial charge in [-0.25, -0.2) is 4.98 Å². The van der Waals surface area contributed by atoms with Crippen LogP contribution in [0.1, 0.15) is 49.8 Å². The summed E-state index contributed by atoms with van der Waals surface area (Å²) in [5.41, 5.74) is 5.10. The van der Waals surface area contributed by atoms with Crippen molar-refractivity contribution in [3.63, 3.8) is 0 Å². The zero-order valence-electron chi connectivity index (χ0n) is 22.2. The summed E-state index contributed by atoms with van der Waals surface area (Å²) in [7, 11) is 4.14. The molecule has 198 valence electrons. The van der Waals surface area contributed by atoms with E-state index in [1.54, 1.807) is 0 Å². The first-order valence-electron chi connectivity index (χ1n) is 13.5. The van der Waals surface area contributed by atoms with Gasteiger partial charge in [0.05, 0.1) is 17.1 Å². The monoisotopic (exact) mass is 528 g/mol. The molecule has 0 bridgehead atoms. The molecular formula is C29H36N8S.